The first-order valence-electron chi connectivity index (χ1n) is 19.8. The Labute approximate surface area is 296 Å². The summed E-state index contributed by atoms with van der Waals surface area (Å²) < 4.78 is 10.6. The summed E-state index contributed by atoms with van der Waals surface area (Å²) in [6, 6.07) is 0. The summed E-state index contributed by atoms with van der Waals surface area (Å²) in [7, 11) is 0. The van der Waals surface area contributed by atoms with E-state index in [0.717, 1.165) is 64.2 Å². The molecule has 276 valence electrons. The monoisotopic (exact) mass is 671 g/mol. The first-order chi connectivity index (χ1) is 23.6. The van der Waals surface area contributed by atoms with Crippen molar-refractivity contribution in [1.29, 1.82) is 0 Å². The molecule has 0 aliphatic carbocycles. The predicted octanol–water partition coefficient (Wildman–Crippen LogP) is 12.4. The summed E-state index contributed by atoms with van der Waals surface area (Å²) in [6.45, 7) is 3.98. The van der Waals surface area contributed by atoms with E-state index < -0.39 is 6.10 Å². The zero-order valence-electron chi connectivity index (χ0n) is 31.2. The van der Waals surface area contributed by atoms with Gasteiger partial charge in [-0.05, 0) is 77.0 Å². The van der Waals surface area contributed by atoms with E-state index in [2.05, 4.69) is 74.6 Å². The Bertz CT molecular complexity index is 853. The molecule has 0 spiro atoms. The maximum absolute atomic E-state index is 12.1. The number of aliphatic hydroxyl groups excluding tert-OH is 1. The molecule has 0 aromatic heterocycles. The van der Waals surface area contributed by atoms with Crippen LogP contribution in [0.5, 0.6) is 0 Å². The fourth-order valence-electron chi connectivity index (χ4n) is 5.30. The lowest BCUT2D eigenvalue weighted by atomic mass is 10.1. The second-order valence-corrected chi connectivity index (χ2v) is 13.0. The average Bonchev–Trinajstić information content (AvgIpc) is 3.09. The van der Waals surface area contributed by atoms with Gasteiger partial charge < -0.3 is 14.6 Å². The number of hydrogen-bond donors (Lipinski definition) is 1. The standard InChI is InChI=1S/C43H74O5/c1-3-5-7-9-11-13-15-17-19-20-21-22-24-25-27-29-31-33-35-37-42(45)47-40-41(39-44)48-43(46)38-36-34-32-30-28-26-23-18-16-14-12-10-8-6-4-2/h6,8,12,14,17-19,23,28,30,41,44H,3-5,7,9-11,13,15-16,20-22,24-27,29,31-40H2,1-2H3/b8-6-,14-12-,19-17-,23-18-,30-28-/t41-/m0/s1. The van der Waals surface area contributed by atoms with Gasteiger partial charge in [0.25, 0.3) is 0 Å². The van der Waals surface area contributed by atoms with Crippen molar-refractivity contribution < 1.29 is 24.2 Å². The van der Waals surface area contributed by atoms with E-state index in [9.17, 15) is 14.7 Å². The SMILES string of the molecule is CC/C=C\C/C=C\C/C=C\C/C=C\CCCCC(=O)O[C@@H](CO)COC(=O)CCCCCCCCCCC/C=C\CCCCCCCC. The first kappa shape index (κ1) is 45.6. The summed E-state index contributed by atoms with van der Waals surface area (Å²) in [5, 5.41) is 9.54. The third-order valence-electron chi connectivity index (χ3n) is 8.30. The van der Waals surface area contributed by atoms with E-state index in [1.54, 1.807) is 0 Å². The third-order valence-corrected chi connectivity index (χ3v) is 8.30. The summed E-state index contributed by atoms with van der Waals surface area (Å²) in [4.78, 5) is 24.2. The normalized spacial score (nSPS) is 12.8. The molecule has 0 rings (SSSR count). The molecule has 5 heteroatoms. The van der Waals surface area contributed by atoms with Gasteiger partial charge in [-0.2, -0.15) is 0 Å². The highest BCUT2D eigenvalue weighted by Crippen LogP contribution is 2.13. The minimum absolute atomic E-state index is 0.0854. The topological polar surface area (TPSA) is 72.8 Å². The minimum Gasteiger partial charge on any atom is -0.462 e. The van der Waals surface area contributed by atoms with E-state index in [1.165, 1.54) is 89.9 Å². The molecule has 5 nitrogen and oxygen atoms in total. The van der Waals surface area contributed by atoms with Gasteiger partial charge >= 0.3 is 11.9 Å². The second-order valence-electron chi connectivity index (χ2n) is 13.0. The Hall–Kier alpha value is -2.40. The van der Waals surface area contributed by atoms with Crippen molar-refractivity contribution in [3.05, 3.63) is 60.8 Å². The van der Waals surface area contributed by atoms with Crippen LogP contribution < -0.4 is 0 Å². The highest BCUT2D eigenvalue weighted by Gasteiger charge is 2.16. The Morgan fingerprint density at radius 3 is 1.42 bits per heavy atom. The molecular weight excluding hydrogens is 596 g/mol. The van der Waals surface area contributed by atoms with Gasteiger partial charge in [0.15, 0.2) is 6.10 Å². The third kappa shape index (κ3) is 36.4. The Kier molecular flexibility index (Phi) is 37.1. The zero-order chi connectivity index (χ0) is 35.0. The van der Waals surface area contributed by atoms with Gasteiger partial charge in [0.2, 0.25) is 0 Å². The van der Waals surface area contributed by atoms with Crippen LogP contribution in [0.3, 0.4) is 0 Å². The number of unbranched alkanes of at least 4 members (excludes halogenated alkanes) is 17. The zero-order valence-corrected chi connectivity index (χ0v) is 31.2. The van der Waals surface area contributed by atoms with Crippen molar-refractivity contribution in [2.24, 2.45) is 0 Å². The van der Waals surface area contributed by atoms with Crippen molar-refractivity contribution in [2.75, 3.05) is 13.2 Å². The fraction of sp³-hybridized carbons (Fsp3) is 0.721. The first-order valence-corrected chi connectivity index (χ1v) is 19.8. The molecule has 0 aromatic rings. The molecule has 0 aromatic carbocycles. The molecule has 0 saturated heterocycles. The van der Waals surface area contributed by atoms with Gasteiger partial charge in [0.05, 0.1) is 6.61 Å². The summed E-state index contributed by atoms with van der Waals surface area (Å²) in [6.07, 6.45) is 50.0. The van der Waals surface area contributed by atoms with Crippen LogP contribution in [0.1, 0.15) is 181 Å². The molecule has 1 N–H and O–H groups in total. The lowest BCUT2D eigenvalue weighted by Gasteiger charge is -2.15. The van der Waals surface area contributed by atoms with Crippen LogP contribution in [0.25, 0.3) is 0 Å². The largest absolute Gasteiger partial charge is 0.462 e. The molecule has 0 radical (unpaired) electrons. The average molecular weight is 671 g/mol. The van der Waals surface area contributed by atoms with E-state index in [0.29, 0.717) is 12.8 Å². The number of ether oxygens (including phenoxy) is 2. The summed E-state index contributed by atoms with van der Waals surface area (Å²) in [5.41, 5.74) is 0. The van der Waals surface area contributed by atoms with Gasteiger partial charge in [-0.3, -0.25) is 9.59 Å². The number of carbonyl (C=O) groups is 2. The molecule has 0 heterocycles. The number of allylic oxidation sites excluding steroid dienone is 10. The minimum atomic E-state index is -0.795. The molecule has 1 atom stereocenters. The number of hydrogen-bond acceptors (Lipinski definition) is 5. The van der Waals surface area contributed by atoms with Crippen LogP contribution in [0.2, 0.25) is 0 Å². The second kappa shape index (κ2) is 39.0. The molecule has 0 aliphatic heterocycles. The molecule has 0 bridgehead atoms. The van der Waals surface area contributed by atoms with Crippen molar-refractivity contribution in [1.82, 2.24) is 0 Å². The molecule has 48 heavy (non-hydrogen) atoms. The van der Waals surface area contributed by atoms with E-state index in [1.807, 2.05) is 0 Å². The highest BCUT2D eigenvalue weighted by atomic mass is 16.6. The number of carbonyl (C=O) groups excluding carboxylic acids is 2. The number of esters is 2. The molecule has 0 aliphatic rings. The quantitative estimate of drug-likeness (QED) is 0.0413. The maximum atomic E-state index is 12.1. The van der Waals surface area contributed by atoms with Gasteiger partial charge in [-0.25, -0.2) is 0 Å². The number of rotatable bonds is 35. The maximum Gasteiger partial charge on any atom is 0.306 e. The molecule has 0 unspecified atom stereocenters. The van der Waals surface area contributed by atoms with Crippen LogP contribution in [-0.4, -0.2) is 36.4 Å². The Morgan fingerprint density at radius 2 is 0.896 bits per heavy atom. The van der Waals surface area contributed by atoms with E-state index >= 15 is 0 Å². The Balaban J connectivity index is 3.61. The van der Waals surface area contributed by atoms with Gasteiger partial charge in [0, 0.05) is 12.8 Å². The van der Waals surface area contributed by atoms with Crippen LogP contribution in [-0.2, 0) is 19.1 Å². The predicted molar refractivity (Wildman–Crippen MR) is 205 cm³/mol. The van der Waals surface area contributed by atoms with E-state index in [4.69, 9.17) is 9.47 Å². The lowest BCUT2D eigenvalue weighted by Crippen LogP contribution is -2.28. The van der Waals surface area contributed by atoms with Crippen LogP contribution in [0.4, 0.5) is 0 Å². The van der Waals surface area contributed by atoms with Crippen LogP contribution >= 0.6 is 0 Å². The molecule has 0 fully saturated rings. The lowest BCUT2D eigenvalue weighted by molar-refractivity contribution is -0.161. The highest BCUT2D eigenvalue weighted by molar-refractivity contribution is 5.70. The molecular formula is C43H74O5. The number of aliphatic hydroxyl groups is 1. The molecule has 0 amide bonds. The Morgan fingerprint density at radius 1 is 0.500 bits per heavy atom. The van der Waals surface area contributed by atoms with Crippen molar-refractivity contribution in [2.45, 2.75) is 187 Å². The smallest absolute Gasteiger partial charge is 0.306 e. The fourth-order valence-corrected chi connectivity index (χ4v) is 5.30. The van der Waals surface area contributed by atoms with Gasteiger partial charge in [-0.15, -0.1) is 0 Å². The van der Waals surface area contributed by atoms with E-state index in [-0.39, 0.29) is 25.2 Å². The van der Waals surface area contributed by atoms with Crippen LogP contribution in [0, 0.1) is 0 Å². The van der Waals surface area contributed by atoms with Crippen LogP contribution in [0.15, 0.2) is 60.8 Å². The summed E-state index contributed by atoms with van der Waals surface area (Å²) >= 11 is 0. The summed E-state index contributed by atoms with van der Waals surface area (Å²) in [5.74, 6) is -0.644. The van der Waals surface area contributed by atoms with Crippen molar-refractivity contribution in [3.63, 3.8) is 0 Å². The molecule has 0 saturated carbocycles. The van der Waals surface area contributed by atoms with Crippen molar-refractivity contribution >= 4 is 11.9 Å². The van der Waals surface area contributed by atoms with Gasteiger partial charge in [0.1, 0.15) is 6.61 Å². The van der Waals surface area contributed by atoms with Crippen molar-refractivity contribution in [3.8, 4) is 0 Å². The van der Waals surface area contributed by atoms with Gasteiger partial charge in [-0.1, -0.05) is 152 Å².